The van der Waals surface area contributed by atoms with Crippen molar-refractivity contribution in [1.29, 1.82) is 5.26 Å². The molecule has 0 heterocycles. The molecule has 0 radical (unpaired) electrons. The van der Waals surface area contributed by atoms with Crippen LogP contribution in [0.2, 0.25) is 0 Å². The molecule has 0 aliphatic heterocycles. The highest BCUT2D eigenvalue weighted by atomic mass is 79.9. The summed E-state index contributed by atoms with van der Waals surface area (Å²) in [5.41, 5.74) is 7.25. The first-order valence-corrected chi connectivity index (χ1v) is 10.5. The number of rotatable bonds is 5. The summed E-state index contributed by atoms with van der Waals surface area (Å²) in [7, 11) is 0. The third kappa shape index (κ3) is 5.46. The first-order valence-electron chi connectivity index (χ1n) is 9.70. The number of amides is 1. The SMILES string of the molecule is Cc1cc(C)cc(Cc2ccc(Br)cc2/C=C(\C#N)C(=O)Nc2ccccc2C)c1. The van der Waals surface area contributed by atoms with Crippen molar-refractivity contribution >= 4 is 33.6 Å². The van der Waals surface area contributed by atoms with E-state index in [9.17, 15) is 10.1 Å². The molecule has 0 saturated carbocycles. The summed E-state index contributed by atoms with van der Waals surface area (Å²) >= 11 is 3.50. The average molecular weight is 459 g/mol. The number of carbonyl (C=O) groups is 1. The lowest BCUT2D eigenvalue weighted by Gasteiger charge is -2.11. The minimum Gasteiger partial charge on any atom is -0.321 e. The molecule has 3 nitrogen and oxygen atoms in total. The number of para-hydroxylation sites is 1. The van der Waals surface area contributed by atoms with E-state index in [0.29, 0.717) is 5.69 Å². The molecule has 3 aromatic rings. The Morgan fingerprint density at radius 3 is 2.40 bits per heavy atom. The Labute approximate surface area is 186 Å². The average Bonchev–Trinajstić information content (AvgIpc) is 2.69. The summed E-state index contributed by atoms with van der Waals surface area (Å²) in [4.78, 5) is 12.7. The van der Waals surface area contributed by atoms with Crippen LogP contribution in [-0.2, 0) is 11.2 Å². The van der Waals surface area contributed by atoms with Crippen molar-refractivity contribution in [1.82, 2.24) is 0 Å². The monoisotopic (exact) mass is 458 g/mol. The Bertz CT molecular complexity index is 1150. The molecule has 0 aromatic heterocycles. The van der Waals surface area contributed by atoms with Gasteiger partial charge in [-0.3, -0.25) is 4.79 Å². The van der Waals surface area contributed by atoms with Gasteiger partial charge in [-0.2, -0.15) is 5.26 Å². The standard InChI is InChI=1S/C26H23BrN2O/c1-17-10-18(2)12-20(11-17)13-21-8-9-24(27)15-22(21)14-23(16-28)26(30)29-25-7-5-4-6-19(25)3/h4-12,14-15H,13H2,1-3H3,(H,29,30)/b23-14+. The van der Waals surface area contributed by atoms with Crippen molar-refractivity contribution < 1.29 is 4.79 Å². The molecule has 3 rings (SSSR count). The fourth-order valence-corrected chi connectivity index (χ4v) is 3.84. The third-order valence-corrected chi connectivity index (χ3v) is 5.34. The van der Waals surface area contributed by atoms with E-state index in [1.165, 1.54) is 16.7 Å². The lowest BCUT2D eigenvalue weighted by molar-refractivity contribution is -0.112. The van der Waals surface area contributed by atoms with Crippen LogP contribution in [0.4, 0.5) is 5.69 Å². The van der Waals surface area contributed by atoms with Crippen molar-refractivity contribution in [3.63, 3.8) is 0 Å². The van der Waals surface area contributed by atoms with Crippen LogP contribution in [0.5, 0.6) is 0 Å². The van der Waals surface area contributed by atoms with Gasteiger partial charge in [0, 0.05) is 10.2 Å². The largest absolute Gasteiger partial charge is 0.321 e. The van der Waals surface area contributed by atoms with Gasteiger partial charge < -0.3 is 5.32 Å². The molecule has 0 aliphatic rings. The van der Waals surface area contributed by atoms with Crippen molar-refractivity contribution in [2.45, 2.75) is 27.2 Å². The zero-order valence-electron chi connectivity index (χ0n) is 17.3. The minimum atomic E-state index is -0.413. The van der Waals surface area contributed by atoms with Crippen LogP contribution in [0.3, 0.4) is 0 Å². The highest BCUT2D eigenvalue weighted by Crippen LogP contribution is 2.24. The van der Waals surface area contributed by atoms with E-state index in [4.69, 9.17) is 0 Å². The van der Waals surface area contributed by atoms with Crippen LogP contribution in [0, 0.1) is 32.1 Å². The van der Waals surface area contributed by atoms with Crippen LogP contribution in [0.25, 0.3) is 6.08 Å². The number of aryl methyl sites for hydroxylation is 3. The molecule has 4 heteroatoms. The number of benzene rings is 3. The Morgan fingerprint density at radius 2 is 1.73 bits per heavy atom. The van der Waals surface area contributed by atoms with Crippen LogP contribution >= 0.6 is 15.9 Å². The molecule has 0 saturated heterocycles. The maximum atomic E-state index is 12.7. The fourth-order valence-electron chi connectivity index (χ4n) is 3.46. The summed E-state index contributed by atoms with van der Waals surface area (Å²) in [6.07, 6.45) is 2.39. The van der Waals surface area contributed by atoms with Gasteiger partial charge >= 0.3 is 0 Å². The quantitative estimate of drug-likeness (QED) is 0.349. The number of nitriles is 1. The molecule has 3 aromatic carbocycles. The third-order valence-electron chi connectivity index (χ3n) is 4.84. The maximum Gasteiger partial charge on any atom is 0.266 e. The molecule has 150 valence electrons. The maximum absolute atomic E-state index is 12.7. The number of carbonyl (C=O) groups excluding carboxylic acids is 1. The lowest BCUT2D eigenvalue weighted by atomic mass is 9.96. The number of halogens is 1. The second-order valence-corrected chi connectivity index (χ2v) is 8.37. The van der Waals surface area contributed by atoms with Gasteiger partial charge in [-0.05, 0) is 73.7 Å². The molecular formula is C26H23BrN2O. The molecule has 0 spiro atoms. The molecule has 1 N–H and O–H groups in total. The lowest BCUT2D eigenvalue weighted by Crippen LogP contribution is -2.14. The molecule has 1 amide bonds. The van der Waals surface area contributed by atoms with Crippen LogP contribution < -0.4 is 5.32 Å². The minimum absolute atomic E-state index is 0.0676. The van der Waals surface area contributed by atoms with E-state index < -0.39 is 5.91 Å². The molecule has 30 heavy (non-hydrogen) atoms. The van der Waals surface area contributed by atoms with Gasteiger partial charge in [0.25, 0.3) is 5.91 Å². The zero-order chi connectivity index (χ0) is 21.7. The van der Waals surface area contributed by atoms with Gasteiger partial charge in [-0.15, -0.1) is 0 Å². The second kappa shape index (κ2) is 9.56. The van der Waals surface area contributed by atoms with Gasteiger partial charge in [-0.25, -0.2) is 0 Å². The molecule has 0 unspecified atom stereocenters. The van der Waals surface area contributed by atoms with Crippen molar-refractivity contribution in [3.8, 4) is 6.07 Å². The summed E-state index contributed by atoms with van der Waals surface area (Å²) in [5.74, 6) is -0.413. The predicted octanol–water partition coefficient (Wildman–Crippen LogP) is 6.51. The number of anilines is 1. The van der Waals surface area contributed by atoms with Crippen molar-refractivity contribution in [2.24, 2.45) is 0 Å². The van der Waals surface area contributed by atoms with E-state index in [1.54, 1.807) is 6.08 Å². The number of hydrogen-bond acceptors (Lipinski definition) is 2. The first kappa shape index (κ1) is 21.5. The molecule has 0 fully saturated rings. The first-order chi connectivity index (χ1) is 14.4. The Balaban J connectivity index is 1.94. The van der Waals surface area contributed by atoms with E-state index in [-0.39, 0.29) is 5.57 Å². The van der Waals surface area contributed by atoms with E-state index in [2.05, 4.69) is 59.4 Å². The second-order valence-electron chi connectivity index (χ2n) is 7.45. The van der Waals surface area contributed by atoms with Gasteiger partial charge in [0.1, 0.15) is 11.6 Å². The fraction of sp³-hybridized carbons (Fsp3) is 0.154. The van der Waals surface area contributed by atoms with Crippen LogP contribution in [-0.4, -0.2) is 5.91 Å². The number of nitrogens with zero attached hydrogens (tertiary/aromatic N) is 1. The highest BCUT2D eigenvalue weighted by Gasteiger charge is 2.13. The highest BCUT2D eigenvalue weighted by molar-refractivity contribution is 9.10. The van der Waals surface area contributed by atoms with Crippen molar-refractivity contribution in [3.05, 3.63) is 104 Å². The summed E-state index contributed by atoms with van der Waals surface area (Å²) in [6.45, 7) is 6.09. The smallest absolute Gasteiger partial charge is 0.266 e. The Morgan fingerprint density at radius 1 is 1.03 bits per heavy atom. The van der Waals surface area contributed by atoms with Crippen LogP contribution in [0.15, 0.2) is 70.7 Å². The van der Waals surface area contributed by atoms with Gasteiger partial charge in [-0.1, -0.05) is 69.5 Å². The zero-order valence-corrected chi connectivity index (χ0v) is 18.9. The van der Waals surface area contributed by atoms with Crippen molar-refractivity contribution in [2.75, 3.05) is 5.32 Å². The van der Waals surface area contributed by atoms with E-state index >= 15 is 0 Å². The normalized spacial score (nSPS) is 11.1. The summed E-state index contributed by atoms with van der Waals surface area (Å²) in [6, 6.07) is 22.0. The number of nitrogens with one attached hydrogen (secondary N) is 1. The van der Waals surface area contributed by atoms with Crippen LogP contribution in [0.1, 0.15) is 33.4 Å². The van der Waals surface area contributed by atoms with Gasteiger partial charge in [0.05, 0.1) is 0 Å². The van der Waals surface area contributed by atoms with Gasteiger partial charge in [0.15, 0.2) is 0 Å². The summed E-state index contributed by atoms with van der Waals surface area (Å²) in [5, 5.41) is 12.5. The van der Waals surface area contributed by atoms with Gasteiger partial charge in [0.2, 0.25) is 0 Å². The Hall–Kier alpha value is -3.16. The summed E-state index contributed by atoms with van der Waals surface area (Å²) < 4.78 is 0.898. The predicted molar refractivity (Wildman–Crippen MR) is 126 cm³/mol. The molecule has 0 bridgehead atoms. The number of hydrogen-bond donors (Lipinski definition) is 1. The van der Waals surface area contributed by atoms with E-state index in [0.717, 1.165) is 27.6 Å². The molecule has 0 aliphatic carbocycles. The van der Waals surface area contributed by atoms with E-state index in [1.807, 2.05) is 49.4 Å². The topological polar surface area (TPSA) is 52.9 Å². The Kier molecular flexibility index (Phi) is 6.87. The molecule has 0 atom stereocenters. The molecular weight excluding hydrogens is 436 g/mol.